The molecule has 2 aromatic rings. The van der Waals surface area contributed by atoms with Gasteiger partial charge in [0.15, 0.2) is 0 Å². The third-order valence-corrected chi connectivity index (χ3v) is 6.05. The van der Waals surface area contributed by atoms with Crippen molar-refractivity contribution in [1.82, 2.24) is 4.72 Å². The number of aliphatic imine (C=N–C) groups is 1. The second kappa shape index (κ2) is 10.4. The molecule has 6 heteroatoms. The maximum atomic E-state index is 13.3. The number of halogens is 1. The molecule has 2 aromatic carbocycles. The smallest absolute Gasteiger partial charge is 0.123 e. The number of hydrogen-bond acceptors (Lipinski definition) is 5. The molecular formula is C25H27FN4S. The van der Waals surface area contributed by atoms with Crippen molar-refractivity contribution in [2.24, 2.45) is 16.1 Å². The van der Waals surface area contributed by atoms with Crippen LogP contribution in [0, 0.1) is 22.6 Å². The number of nitriles is 1. The van der Waals surface area contributed by atoms with E-state index in [-0.39, 0.29) is 11.2 Å². The molecule has 0 amide bonds. The summed E-state index contributed by atoms with van der Waals surface area (Å²) in [4.78, 5) is 4.73. The molecule has 160 valence electrons. The van der Waals surface area contributed by atoms with E-state index in [0.29, 0.717) is 11.3 Å². The highest BCUT2D eigenvalue weighted by atomic mass is 32.1. The lowest BCUT2D eigenvalue weighted by molar-refractivity contribution is 0.350. The molecule has 0 saturated carbocycles. The average molecular weight is 435 g/mol. The third kappa shape index (κ3) is 5.84. The number of thiol groups is 1. The van der Waals surface area contributed by atoms with Crippen molar-refractivity contribution in [3.63, 3.8) is 0 Å². The van der Waals surface area contributed by atoms with Gasteiger partial charge in [-0.2, -0.15) is 5.26 Å². The molecular weight excluding hydrogens is 407 g/mol. The number of nitrogens with zero attached hydrogens (tertiary/aromatic N) is 2. The van der Waals surface area contributed by atoms with E-state index < -0.39 is 0 Å². The van der Waals surface area contributed by atoms with Crippen LogP contribution in [0.15, 0.2) is 76.9 Å². The van der Waals surface area contributed by atoms with Gasteiger partial charge in [0.25, 0.3) is 0 Å². The molecule has 0 radical (unpaired) electrons. The molecule has 31 heavy (non-hydrogen) atoms. The molecule has 0 aliphatic heterocycles. The van der Waals surface area contributed by atoms with E-state index in [1.807, 2.05) is 24.3 Å². The van der Waals surface area contributed by atoms with Crippen molar-refractivity contribution < 1.29 is 4.39 Å². The minimum Gasteiger partial charge on any atom is -0.404 e. The van der Waals surface area contributed by atoms with E-state index in [1.165, 1.54) is 23.3 Å². The van der Waals surface area contributed by atoms with Gasteiger partial charge < -0.3 is 5.73 Å². The minimum absolute atomic E-state index is 0.0778. The van der Waals surface area contributed by atoms with Crippen molar-refractivity contribution in [3.8, 4) is 6.07 Å². The van der Waals surface area contributed by atoms with E-state index in [0.717, 1.165) is 43.5 Å². The standard InChI is InChI=1S/C25H27FN4S/c1-25(12-10-18-2-4-19(16-27)5-3-18)15-20(17-28)24(14-21(25)11-13-29-31)30-23-8-6-22(26)7-9-23/h2-9,14,17,29,31H,10-13,15,28H2,1H3. The summed E-state index contributed by atoms with van der Waals surface area (Å²) in [7, 11) is 0. The summed E-state index contributed by atoms with van der Waals surface area (Å²) in [6.45, 7) is 3.01. The summed E-state index contributed by atoms with van der Waals surface area (Å²) in [5.41, 5.74) is 11.6. The fourth-order valence-corrected chi connectivity index (χ4v) is 4.05. The van der Waals surface area contributed by atoms with Crippen LogP contribution in [0.5, 0.6) is 0 Å². The molecule has 3 rings (SSSR count). The molecule has 0 heterocycles. The number of nitrogens with two attached hydrogens (primary N) is 1. The zero-order chi connectivity index (χ0) is 22.3. The van der Waals surface area contributed by atoms with Gasteiger partial charge >= 0.3 is 0 Å². The molecule has 0 saturated heterocycles. The lowest BCUT2D eigenvalue weighted by Gasteiger charge is -2.37. The quantitative estimate of drug-likeness (QED) is 0.510. The Morgan fingerprint density at radius 1 is 1.19 bits per heavy atom. The molecule has 0 bridgehead atoms. The van der Waals surface area contributed by atoms with Gasteiger partial charge in [-0.1, -0.05) is 37.4 Å². The summed E-state index contributed by atoms with van der Waals surface area (Å²) in [5.74, 6) is -0.284. The van der Waals surface area contributed by atoms with Crippen LogP contribution in [-0.4, -0.2) is 12.3 Å². The summed E-state index contributed by atoms with van der Waals surface area (Å²) >= 11 is 4.15. The summed E-state index contributed by atoms with van der Waals surface area (Å²) in [6.07, 6.45) is 7.21. The highest BCUT2D eigenvalue weighted by molar-refractivity contribution is 7.78. The molecule has 1 unspecified atom stereocenters. The third-order valence-electron chi connectivity index (χ3n) is 5.83. The normalized spacial score (nSPS) is 21.2. The molecule has 1 aliphatic carbocycles. The number of aryl methyl sites for hydroxylation is 1. The first-order chi connectivity index (χ1) is 15.0. The fourth-order valence-electron chi connectivity index (χ4n) is 3.94. The summed E-state index contributed by atoms with van der Waals surface area (Å²) in [6, 6.07) is 16.1. The Labute approximate surface area is 188 Å². The van der Waals surface area contributed by atoms with E-state index in [2.05, 4.69) is 36.6 Å². The summed E-state index contributed by atoms with van der Waals surface area (Å²) in [5, 5.41) is 9.00. The Kier molecular flexibility index (Phi) is 7.67. The van der Waals surface area contributed by atoms with Crippen LogP contribution >= 0.6 is 12.8 Å². The van der Waals surface area contributed by atoms with Crippen LogP contribution in [0.3, 0.4) is 0 Å². The molecule has 0 aromatic heterocycles. The van der Waals surface area contributed by atoms with Gasteiger partial charge in [0.05, 0.1) is 23.0 Å². The van der Waals surface area contributed by atoms with Gasteiger partial charge in [0.2, 0.25) is 0 Å². The topological polar surface area (TPSA) is 74.2 Å². The average Bonchev–Trinajstić information content (AvgIpc) is 2.79. The van der Waals surface area contributed by atoms with Crippen LogP contribution in [-0.2, 0) is 6.42 Å². The Hall–Kier alpha value is -2.88. The SMILES string of the molecule is CC1(CCc2ccc(C#N)cc2)CC(=CN)C(=Nc2ccc(F)cc2)C=C1CCNS. The van der Waals surface area contributed by atoms with Crippen LogP contribution in [0.1, 0.15) is 37.3 Å². The van der Waals surface area contributed by atoms with E-state index >= 15 is 0 Å². The lowest BCUT2D eigenvalue weighted by Crippen LogP contribution is -2.29. The minimum atomic E-state index is -0.284. The zero-order valence-corrected chi connectivity index (χ0v) is 18.5. The van der Waals surface area contributed by atoms with Crippen molar-refractivity contribution in [3.05, 3.63) is 88.9 Å². The first kappa shape index (κ1) is 22.8. The Morgan fingerprint density at radius 3 is 2.52 bits per heavy atom. The van der Waals surface area contributed by atoms with Crippen molar-refractivity contribution >= 4 is 24.2 Å². The van der Waals surface area contributed by atoms with E-state index in [4.69, 9.17) is 16.0 Å². The van der Waals surface area contributed by atoms with E-state index in [9.17, 15) is 4.39 Å². The van der Waals surface area contributed by atoms with Gasteiger partial charge in [0.1, 0.15) is 5.82 Å². The zero-order valence-electron chi connectivity index (χ0n) is 17.6. The number of hydrogen-bond donors (Lipinski definition) is 3. The van der Waals surface area contributed by atoms with Crippen molar-refractivity contribution in [2.75, 3.05) is 6.54 Å². The molecule has 1 aliphatic rings. The maximum absolute atomic E-state index is 13.3. The second-order valence-corrected chi connectivity index (χ2v) is 8.36. The molecule has 0 spiro atoms. The van der Waals surface area contributed by atoms with Crippen molar-refractivity contribution in [1.29, 1.82) is 5.26 Å². The predicted molar refractivity (Wildman–Crippen MR) is 128 cm³/mol. The Morgan fingerprint density at radius 2 is 1.90 bits per heavy atom. The van der Waals surface area contributed by atoms with Crippen LogP contribution in [0.2, 0.25) is 0 Å². The molecule has 1 atom stereocenters. The molecule has 0 fully saturated rings. The number of allylic oxidation sites excluding steroid dienone is 2. The number of nitrogens with one attached hydrogen (secondary N) is 1. The van der Waals surface area contributed by atoms with Crippen LogP contribution in [0.4, 0.5) is 10.1 Å². The second-order valence-electron chi connectivity index (χ2n) is 8.04. The van der Waals surface area contributed by atoms with Gasteiger partial charge in [-0.05, 0) is 90.9 Å². The largest absolute Gasteiger partial charge is 0.404 e. The monoisotopic (exact) mass is 434 g/mol. The summed E-state index contributed by atoms with van der Waals surface area (Å²) < 4.78 is 16.2. The van der Waals surface area contributed by atoms with Gasteiger partial charge in [-0.15, -0.1) is 0 Å². The first-order valence-corrected chi connectivity index (χ1v) is 10.7. The van der Waals surface area contributed by atoms with E-state index in [1.54, 1.807) is 18.3 Å². The van der Waals surface area contributed by atoms with Crippen molar-refractivity contribution in [2.45, 2.75) is 32.6 Å². The molecule has 3 N–H and O–H groups in total. The fraction of sp³-hybridized carbons (Fsp3) is 0.280. The number of rotatable bonds is 7. The van der Waals surface area contributed by atoms with Crippen LogP contribution in [0.25, 0.3) is 0 Å². The highest BCUT2D eigenvalue weighted by Gasteiger charge is 2.34. The highest BCUT2D eigenvalue weighted by Crippen LogP contribution is 2.44. The van der Waals surface area contributed by atoms with Gasteiger partial charge in [-0.3, -0.25) is 4.72 Å². The Bertz CT molecular complexity index is 1030. The van der Waals surface area contributed by atoms with Gasteiger partial charge in [-0.25, -0.2) is 9.38 Å². The predicted octanol–water partition coefficient (Wildman–Crippen LogP) is 5.41. The number of benzene rings is 2. The lowest BCUT2D eigenvalue weighted by atomic mass is 9.67. The first-order valence-electron chi connectivity index (χ1n) is 10.3. The molecule has 4 nitrogen and oxygen atoms in total. The Balaban J connectivity index is 1.89. The maximum Gasteiger partial charge on any atom is 0.123 e. The van der Waals surface area contributed by atoms with Crippen LogP contribution < -0.4 is 10.5 Å². The van der Waals surface area contributed by atoms with Gasteiger partial charge in [0, 0.05) is 6.54 Å².